The van der Waals surface area contributed by atoms with Crippen molar-refractivity contribution in [2.24, 2.45) is 5.41 Å². The second kappa shape index (κ2) is 3.65. The Morgan fingerprint density at radius 2 is 1.59 bits per heavy atom. The Hall–Kier alpha value is 1.22. The zero-order valence-corrected chi connectivity index (χ0v) is 13.7. The molecule has 2 bridgehead atoms. The lowest BCUT2D eigenvalue weighted by atomic mass is 9.72. The maximum atomic E-state index is 6.64. The van der Waals surface area contributed by atoms with E-state index in [-0.39, 0.29) is 10.1 Å². The van der Waals surface area contributed by atoms with Crippen molar-refractivity contribution in [3.63, 3.8) is 0 Å². The Morgan fingerprint density at radius 3 is 1.88 bits per heavy atom. The summed E-state index contributed by atoms with van der Waals surface area (Å²) in [4.78, 5) is -2.40. The highest BCUT2D eigenvalue weighted by Gasteiger charge is 2.82. The summed E-state index contributed by atoms with van der Waals surface area (Å²) in [6.45, 7) is 7.70. The van der Waals surface area contributed by atoms with Gasteiger partial charge in [-0.2, -0.15) is 0 Å². The number of hydrogen-bond acceptors (Lipinski definition) is 0. The van der Waals surface area contributed by atoms with Gasteiger partial charge in [0, 0.05) is 5.41 Å². The topological polar surface area (TPSA) is 0 Å². The molecule has 1 saturated carbocycles. The first-order valence-electron chi connectivity index (χ1n) is 4.94. The number of fused-ring (bicyclic) bond motifs is 2. The zero-order chi connectivity index (χ0) is 13.4. The van der Waals surface area contributed by atoms with Gasteiger partial charge >= 0.3 is 0 Å². The van der Waals surface area contributed by atoms with Crippen molar-refractivity contribution in [3.05, 3.63) is 22.2 Å². The van der Waals surface area contributed by atoms with Gasteiger partial charge < -0.3 is 0 Å². The van der Waals surface area contributed by atoms with Crippen molar-refractivity contribution in [1.29, 1.82) is 0 Å². The number of alkyl halides is 4. The first-order valence-corrected chi connectivity index (χ1v) is 7.21. The highest BCUT2D eigenvalue weighted by atomic mass is 35.5. The SMILES string of the molecule is C=C(C)[C@]1(C)C[C@]2(Cl)C(Cl)=C(Cl)[C@]1(Cl)C2(Cl)Cl. The molecule has 96 valence electrons. The Kier molecular flexibility index (Phi) is 3.14. The monoisotopic (exact) mass is 352 g/mol. The predicted molar refractivity (Wildman–Crippen MR) is 77.9 cm³/mol. The molecular formula is C11H10Cl6. The van der Waals surface area contributed by atoms with Crippen molar-refractivity contribution in [3.8, 4) is 0 Å². The number of hydrogen-bond donors (Lipinski definition) is 0. The van der Waals surface area contributed by atoms with Crippen molar-refractivity contribution < 1.29 is 0 Å². The Bertz CT molecular complexity index is 453. The summed E-state index contributed by atoms with van der Waals surface area (Å²) in [5, 5.41) is 0.456. The van der Waals surface area contributed by atoms with Gasteiger partial charge in [-0.1, -0.05) is 65.5 Å². The number of halogens is 6. The molecule has 3 atom stereocenters. The number of rotatable bonds is 1. The summed E-state index contributed by atoms with van der Waals surface area (Å²) in [6.07, 6.45) is 0.405. The van der Waals surface area contributed by atoms with Gasteiger partial charge in [0.15, 0.2) is 4.33 Å². The van der Waals surface area contributed by atoms with Crippen LogP contribution in [0.3, 0.4) is 0 Å². The van der Waals surface area contributed by atoms with E-state index in [9.17, 15) is 0 Å². The van der Waals surface area contributed by atoms with E-state index >= 15 is 0 Å². The summed E-state index contributed by atoms with van der Waals surface area (Å²) < 4.78 is -1.47. The summed E-state index contributed by atoms with van der Waals surface area (Å²) in [7, 11) is 0. The first kappa shape index (κ1) is 14.6. The van der Waals surface area contributed by atoms with Crippen LogP contribution in [-0.2, 0) is 0 Å². The van der Waals surface area contributed by atoms with Crippen molar-refractivity contribution in [1.82, 2.24) is 0 Å². The lowest BCUT2D eigenvalue weighted by Crippen LogP contribution is -2.48. The third kappa shape index (κ3) is 1.26. The van der Waals surface area contributed by atoms with Crippen molar-refractivity contribution in [2.75, 3.05) is 0 Å². The second-order valence-corrected chi connectivity index (χ2v) is 8.25. The van der Waals surface area contributed by atoms with Crippen LogP contribution in [0.4, 0.5) is 0 Å². The van der Waals surface area contributed by atoms with E-state index in [0.29, 0.717) is 6.42 Å². The highest BCUT2D eigenvalue weighted by molar-refractivity contribution is 6.65. The van der Waals surface area contributed by atoms with E-state index in [1.165, 1.54) is 0 Å². The molecule has 2 aliphatic rings. The van der Waals surface area contributed by atoms with Gasteiger partial charge in [-0.05, 0) is 13.3 Å². The van der Waals surface area contributed by atoms with Gasteiger partial charge in [-0.3, -0.25) is 0 Å². The molecular weight excluding hydrogens is 345 g/mol. The summed E-state index contributed by atoms with van der Waals surface area (Å²) in [6, 6.07) is 0. The van der Waals surface area contributed by atoms with Crippen LogP contribution in [0.15, 0.2) is 22.2 Å². The molecule has 0 saturated heterocycles. The normalized spacial score (nSPS) is 47.8. The summed E-state index contributed by atoms with van der Waals surface area (Å²) in [5.74, 6) is 0. The molecule has 17 heavy (non-hydrogen) atoms. The number of allylic oxidation sites excluding steroid dienone is 3. The standard InChI is InChI=1S/C11H10Cl6/c1-5(2)8(3)4-9(14)6(12)7(13)10(8,15)11(9,16)17/h1,4H2,2-3H3/t8-,9-,10+/m0/s1. The smallest absolute Gasteiger partial charge is 0.110 e. The molecule has 0 aliphatic heterocycles. The predicted octanol–water partition coefficient (Wildman–Crippen LogP) is 5.80. The summed E-state index contributed by atoms with van der Waals surface area (Å²) >= 11 is 38.3. The molecule has 0 spiro atoms. The molecule has 2 rings (SSSR count). The molecule has 0 radical (unpaired) electrons. The highest BCUT2D eigenvalue weighted by Crippen LogP contribution is 2.79. The van der Waals surface area contributed by atoms with Crippen LogP contribution in [0.1, 0.15) is 20.3 Å². The van der Waals surface area contributed by atoms with E-state index < -0.39 is 19.5 Å². The van der Waals surface area contributed by atoms with Crippen molar-refractivity contribution in [2.45, 2.75) is 34.3 Å². The lowest BCUT2D eigenvalue weighted by molar-refractivity contribution is 0.345. The van der Waals surface area contributed by atoms with Gasteiger partial charge in [-0.25, -0.2) is 0 Å². The summed E-state index contributed by atoms with van der Waals surface area (Å²) in [5.41, 5.74) is 0.220. The minimum Gasteiger partial charge on any atom is -0.110 e. The van der Waals surface area contributed by atoms with Crippen molar-refractivity contribution >= 4 is 69.6 Å². The van der Waals surface area contributed by atoms with Crippen LogP contribution in [0, 0.1) is 5.41 Å². The molecule has 6 heteroatoms. The van der Waals surface area contributed by atoms with E-state index in [2.05, 4.69) is 6.58 Å². The van der Waals surface area contributed by atoms with Crippen LogP contribution in [-0.4, -0.2) is 14.1 Å². The third-order valence-electron chi connectivity index (χ3n) is 4.07. The average Bonchev–Trinajstić information content (AvgIpc) is 2.39. The van der Waals surface area contributed by atoms with Crippen LogP contribution >= 0.6 is 69.6 Å². The molecule has 0 aromatic heterocycles. The van der Waals surface area contributed by atoms with E-state index in [1.54, 1.807) is 0 Å². The fourth-order valence-electron chi connectivity index (χ4n) is 2.71. The molecule has 0 heterocycles. The second-order valence-electron chi connectivity index (χ2n) is 4.95. The minimum atomic E-state index is -1.47. The molecule has 0 nitrogen and oxygen atoms in total. The molecule has 2 aliphatic carbocycles. The molecule has 0 amide bonds. The van der Waals surface area contributed by atoms with E-state index in [0.717, 1.165) is 5.57 Å². The van der Waals surface area contributed by atoms with Crippen LogP contribution < -0.4 is 0 Å². The largest absolute Gasteiger partial charge is 0.167 e. The van der Waals surface area contributed by atoms with Gasteiger partial charge in [0.25, 0.3) is 0 Å². The fraction of sp³-hybridized carbons (Fsp3) is 0.636. The van der Waals surface area contributed by atoms with Gasteiger partial charge in [0.2, 0.25) is 0 Å². The molecule has 0 N–H and O–H groups in total. The first-order chi connectivity index (χ1) is 7.47. The average molecular weight is 355 g/mol. The minimum absolute atomic E-state index is 0.220. The van der Waals surface area contributed by atoms with Crippen LogP contribution in [0.2, 0.25) is 0 Å². The Balaban J connectivity index is 2.80. The molecule has 1 fully saturated rings. The third-order valence-corrected chi connectivity index (χ3v) is 8.44. The maximum absolute atomic E-state index is 6.64. The maximum Gasteiger partial charge on any atom is 0.167 e. The van der Waals surface area contributed by atoms with Gasteiger partial charge in [0.05, 0.1) is 10.1 Å². The molecule has 0 unspecified atom stereocenters. The van der Waals surface area contributed by atoms with Crippen LogP contribution in [0.25, 0.3) is 0 Å². The molecule has 0 aromatic carbocycles. The Morgan fingerprint density at radius 1 is 1.12 bits per heavy atom. The van der Waals surface area contributed by atoms with Gasteiger partial charge in [-0.15, -0.1) is 23.2 Å². The Labute approximate surface area is 131 Å². The fourth-order valence-corrected chi connectivity index (χ4v) is 5.82. The quantitative estimate of drug-likeness (QED) is 0.412. The molecule has 0 aromatic rings. The lowest BCUT2D eigenvalue weighted by Gasteiger charge is -2.42. The van der Waals surface area contributed by atoms with E-state index in [1.807, 2.05) is 13.8 Å². The van der Waals surface area contributed by atoms with Crippen LogP contribution in [0.5, 0.6) is 0 Å². The van der Waals surface area contributed by atoms with E-state index in [4.69, 9.17) is 69.6 Å². The zero-order valence-electron chi connectivity index (χ0n) is 9.18. The van der Waals surface area contributed by atoms with Gasteiger partial charge in [0.1, 0.15) is 9.75 Å².